The topological polar surface area (TPSA) is 76.7 Å². The molecule has 5 nitrogen and oxygen atoms in total. The molecule has 2 rings (SSSR count). The Hall–Kier alpha value is -1.73. The number of thioether (sulfide) groups is 1. The van der Waals surface area contributed by atoms with Gasteiger partial charge < -0.3 is 14.3 Å². The maximum Gasteiger partial charge on any atom is 0.373 e. The standard InChI is InChI=1S/C12H10O5S2/c1-16-12(15)9-3-2-7(17-9)5-18-8-4-10(11(13)14)19-6-8/h2-4,6H,5H2,1H3,(H,13,14). The van der Waals surface area contributed by atoms with E-state index in [2.05, 4.69) is 4.74 Å². The summed E-state index contributed by atoms with van der Waals surface area (Å²) in [7, 11) is 1.29. The Kier molecular flexibility index (Phi) is 4.28. The number of rotatable bonds is 5. The van der Waals surface area contributed by atoms with Crippen LogP contribution in [0.2, 0.25) is 0 Å². The van der Waals surface area contributed by atoms with Crippen molar-refractivity contribution in [2.45, 2.75) is 10.6 Å². The molecule has 100 valence electrons. The maximum absolute atomic E-state index is 11.2. The Morgan fingerprint density at radius 2 is 2.26 bits per heavy atom. The van der Waals surface area contributed by atoms with E-state index in [-0.39, 0.29) is 5.76 Å². The largest absolute Gasteiger partial charge is 0.477 e. The molecule has 0 unspecified atom stereocenters. The molecule has 0 aliphatic heterocycles. The summed E-state index contributed by atoms with van der Waals surface area (Å²) in [6.45, 7) is 0. The van der Waals surface area contributed by atoms with Gasteiger partial charge in [0.1, 0.15) is 10.6 Å². The third-order valence-electron chi connectivity index (χ3n) is 2.22. The fraction of sp³-hybridized carbons (Fsp3) is 0.167. The summed E-state index contributed by atoms with van der Waals surface area (Å²) < 4.78 is 9.84. The van der Waals surface area contributed by atoms with Crippen LogP contribution in [0.4, 0.5) is 0 Å². The van der Waals surface area contributed by atoms with Crippen molar-refractivity contribution in [2.24, 2.45) is 0 Å². The molecule has 19 heavy (non-hydrogen) atoms. The predicted octanol–water partition coefficient (Wildman–Crippen LogP) is 3.12. The minimum absolute atomic E-state index is 0.162. The number of hydrogen-bond donors (Lipinski definition) is 1. The summed E-state index contributed by atoms with van der Waals surface area (Å²) in [5.74, 6) is -0.127. The molecular weight excluding hydrogens is 288 g/mol. The first-order valence-corrected chi connectivity index (χ1v) is 7.08. The molecular formula is C12H10O5S2. The zero-order valence-corrected chi connectivity index (χ0v) is 11.5. The Bertz CT molecular complexity index is 599. The van der Waals surface area contributed by atoms with Gasteiger partial charge in [0.05, 0.1) is 12.9 Å². The molecule has 0 atom stereocenters. The van der Waals surface area contributed by atoms with Crippen molar-refractivity contribution in [3.8, 4) is 0 Å². The second kappa shape index (κ2) is 5.94. The van der Waals surface area contributed by atoms with Crippen molar-refractivity contribution in [3.63, 3.8) is 0 Å². The lowest BCUT2D eigenvalue weighted by atomic mass is 10.4. The summed E-state index contributed by atoms with van der Waals surface area (Å²) >= 11 is 2.63. The average Bonchev–Trinajstić information content (AvgIpc) is 3.04. The van der Waals surface area contributed by atoms with E-state index in [0.29, 0.717) is 16.4 Å². The van der Waals surface area contributed by atoms with E-state index in [1.807, 2.05) is 0 Å². The normalized spacial score (nSPS) is 10.4. The molecule has 2 heterocycles. The first kappa shape index (κ1) is 13.7. The van der Waals surface area contributed by atoms with E-state index < -0.39 is 11.9 Å². The van der Waals surface area contributed by atoms with Crippen molar-refractivity contribution < 1.29 is 23.8 Å². The zero-order valence-electron chi connectivity index (χ0n) is 9.91. The monoisotopic (exact) mass is 298 g/mol. The van der Waals surface area contributed by atoms with Crippen LogP contribution in [0.15, 0.2) is 32.9 Å². The molecule has 0 aromatic carbocycles. The molecule has 2 aromatic heterocycles. The first-order chi connectivity index (χ1) is 9.10. The number of carboxylic acids is 1. The molecule has 0 bridgehead atoms. The van der Waals surface area contributed by atoms with Gasteiger partial charge in [0, 0.05) is 10.3 Å². The molecule has 0 saturated heterocycles. The number of carbonyl (C=O) groups is 2. The van der Waals surface area contributed by atoms with Gasteiger partial charge in [-0.05, 0) is 18.2 Å². The van der Waals surface area contributed by atoms with Gasteiger partial charge in [-0.25, -0.2) is 9.59 Å². The number of esters is 1. The second-order valence-corrected chi connectivity index (χ2v) is 5.46. The highest BCUT2D eigenvalue weighted by Gasteiger charge is 2.12. The van der Waals surface area contributed by atoms with Gasteiger partial charge in [-0.3, -0.25) is 0 Å². The minimum Gasteiger partial charge on any atom is -0.477 e. The van der Waals surface area contributed by atoms with Crippen molar-refractivity contribution in [2.75, 3.05) is 7.11 Å². The van der Waals surface area contributed by atoms with Gasteiger partial charge >= 0.3 is 11.9 Å². The highest BCUT2D eigenvalue weighted by atomic mass is 32.2. The van der Waals surface area contributed by atoms with E-state index in [9.17, 15) is 9.59 Å². The molecule has 0 amide bonds. The number of ether oxygens (including phenoxy) is 1. The number of carbonyl (C=O) groups excluding carboxylic acids is 1. The molecule has 0 fully saturated rings. The number of carboxylic acid groups (broad SMARTS) is 1. The van der Waals surface area contributed by atoms with E-state index in [1.165, 1.54) is 30.2 Å². The van der Waals surface area contributed by atoms with Crippen LogP contribution in [0.5, 0.6) is 0 Å². The number of aromatic carboxylic acids is 1. The minimum atomic E-state index is -0.928. The van der Waals surface area contributed by atoms with Crippen LogP contribution in [0, 0.1) is 0 Å². The fourth-order valence-corrected chi connectivity index (χ4v) is 3.09. The highest BCUT2D eigenvalue weighted by molar-refractivity contribution is 7.98. The Labute approximate surface area is 117 Å². The molecule has 7 heteroatoms. The molecule has 0 radical (unpaired) electrons. The molecule has 0 spiro atoms. The van der Waals surface area contributed by atoms with Crippen molar-refractivity contribution in [3.05, 3.63) is 40.0 Å². The van der Waals surface area contributed by atoms with Gasteiger partial charge in [-0.15, -0.1) is 23.1 Å². The van der Waals surface area contributed by atoms with Gasteiger partial charge in [0.2, 0.25) is 5.76 Å². The van der Waals surface area contributed by atoms with Crippen molar-refractivity contribution in [1.29, 1.82) is 0 Å². The van der Waals surface area contributed by atoms with E-state index >= 15 is 0 Å². The summed E-state index contributed by atoms with van der Waals surface area (Å²) in [4.78, 5) is 23.1. The number of thiophene rings is 1. The van der Waals surface area contributed by atoms with E-state index in [0.717, 1.165) is 4.90 Å². The van der Waals surface area contributed by atoms with Crippen LogP contribution in [0.25, 0.3) is 0 Å². The Morgan fingerprint density at radius 1 is 1.47 bits per heavy atom. The van der Waals surface area contributed by atoms with Gasteiger partial charge in [0.15, 0.2) is 0 Å². The maximum atomic E-state index is 11.2. The third kappa shape index (κ3) is 3.39. The number of methoxy groups -OCH3 is 1. The van der Waals surface area contributed by atoms with Crippen molar-refractivity contribution >= 4 is 35.0 Å². The molecule has 0 aliphatic rings. The van der Waals surface area contributed by atoms with Gasteiger partial charge in [0.25, 0.3) is 0 Å². The predicted molar refractivity (Wildman–Crippen MR) is 70.9 cm³/mol. The Balaban J connectivity index is 1.96. The first-order valence-electron chi connectivity index (χ1n) is 5.22. The summed E-state index contributed by atoms with van der Waals surface area (Å²) in [6.07, 6.45) is 0. The average molecular weight is 298 g/mol. The van der Waals surface area contributed by atoms with E-state index in [1.54, 1.807) is 23.6 Å². The van der Waals surface area contributed by atoms with Crippen LogP contribution in [-0.2, 0) is 10.5 Å². The Morgan fingerprint density at radius 3 is 2.89 bits per heavy atom. The van der Waals surface area contributed by atoms with Gasteiger partial charge in [-0.1, -0.05) is 0 Å². The summed E-state index contributed by atoms with van der Waals surface area (Å²) in [6, 6.07) is 4.86. The molecule has 2 aromatic rings. The number of furan rings is 1. The lowest BCUT2D eigenvalue weighted by molar-refractivity contribution is 0.0563. The third-order valence-corrected chi connectivity index (χ3v) is 4.28. The molecule has 0 aliphatic carbocycles. The molecule has 1 N–H and O–H groups in total. The zero-order chi connectivity index (χ0) is 13.8. The SMILES string of the molecule is COC(=O)c1ccc(CSc2csc(C(=O)O)c2)o1. The molecule has 0 saturated carbocycles. The van der Waals surface area contributed by atoms with Gasteiger partial charge in [-0.2, -0.15) is 0 Å². The van der Waals surface area contributed by atoms with Crippen LogP contribution >= 0.6 is 23.1 Å². The smallest absolute Gasteiger partial charge is 0.373 e. The van der Waals surface area contributed by atoms with Crippen LogP contribution in [0.3, 0.4) is 0 Å². The summed E-state index contributed by atoms with van der Waals surface area (Å²) in [5.41, 5.74) is 0. The van der Waals surface area contributed by atoms with E-state index in [4.69, 9.17) is 9.52 Å². The fourth-order valence-electron chi connectivity index (χ4n) is 1.33. The van der Waals surface area contributed by atoms with Crippen LogP contribution in [0.1, 0.15) is 26.0 Å². The van der Waals surface area contributed by atoms with Crippen LogP contribution < -0.4 is 0 Å². The lowest BCUT2D eigenvalue weighted by Crippen LogP contribution is -1.98. The summed E-state index contributed by atoms with van der Waals surface area (Å²) in [5, 5.41) is 10.6. The van der Waals surface area contributed by atoms with Crippen molar-refractivity contribution in [1.82, 2.24) is 0 Å². The van der Waals surface area contributed by atoms with Crippen LogP contribution in [-0.4, -0.2) is 24.2 Å². The quantitative estimate of drug-likeness (QED) is 0.675. The second-order valence-electron chi connectivity index (χ2n) is 3.50. The lowest BCUT2D eigenvalue weighted by Gasteiger charge is -1.96. The highest BCUT2D eigenvalue weighted by Crippen LogP contribution is 2.28. The number of hydrogen-bond acceptors (Lipinski definition) is 6.